The van der Waals surface area contributed by atoms with Gasteiger partial charge in [0.05, 0.1) is 6.10 Å². The van der Waals surface area contributed by atoms with Crippen molar-refractivity contribution in [3.8, 4) is 5.75 Å². The first kappa shape index (κ1) is 11.0. The fourth-order valence-corrected chi connectivity index (χ4v) is 1.15. The van der Waals surface area contributed by atoms with Crippen LogP contribution >= 0.6 is 0 Å². The van der Waals surface area contributed by atoms with Crippen LogP contribution in [0.4, 0.5) is 8.78 Å². The van der Waals surface area contributed by atoms with Gasteiger partial charge >= 0.3 is 0 Å². The van der Waals surface area contributed by atoms with Crippen molar-refractivity contribution in [2.75, 3.05) is 0 Å². The van der Waals surface area contributed by atoms with E-state index in [0.29, 0.717) is 6.42 Å². The Morgan fingerprint density at radius 2 is 1.79 bits per heavy atom. The zero-order valence-corrected chi connectivity index (χ0v) is 8.12. The average Bonchev–Trinajstić information content (AvgIpc) is 2.16. The smallest absolute Gasteiger partial charge is 0.238 e. The van der Waals surface area contributed by atoms with Crippen LogP contribution in [0.25, 0.3) is 0 Å². The maximum absolute atomic E-state index is 11.9. The molecule has 1 unspecified atom stereocenters. The van der Waals surface area contributed by atoms with Gasteiger partial charge in [-0.2, -0.15) is 0 Å². The Morgan fingerprint density at radius 3 is 2.36 bits per heavy atom. The van der Waals surface area contributed by atoms with E-state index in [4.69, 9.17) is 4.74 Å². The summed E-state index contributed by atoms with van der Waals surface area (Å²) in [4.78, 5) is 0. The number of ether oxygens (including phenoxy) is 1. The Balaban J connectivity index is 2.30. The van der Waals surface area contributed by atoms with Crippen LogP contribution in [0.3, 0.4) is 0 Å². The zero-order chi connectivity index (χ0) is 10.4. The fraction of sp³-hybridized carbons (Fsp3) is 0.455. The number of hydrogen-bond acceptors (Lipinski definition) is 1. The molecule has 1 rings (SSSR count). The lowest BCUT2D eigenvalue weighted by atomic mass is 10.2. The predicted molar refractivity (Wildman–Crippen MR) is 51.8 cm³/mol. The van der Waals surface area contributed by atoms with E-state index in [2.05, 4.69) is 0 Å². The minimum absolute atomic E-state index is 0.103. The average molecular weight is 200 g/mol. The molecule has 3 heteroatoms. The molecule has 1 nitrogen and oxygen atoms in total. The van der Waals surface area contributed by atoms with Crippen molar-refractivity contribution in [2.45, 2.75) is 32.3 Å². The van der Waals surface area contributed by atoms with Crippen molar-refractivity contribution in [1.29, 1.82) is 0 Å². The quantitative estimate of drug-likeness (QED) is 0.706. The van der Waals surface area contributed by atoms with Crippen molar-refractivity contribution in [2.24, 2.45) is 0 Å². The van der Waals surface area contributed by atoms with Crippen molar-refractivity contribution >= 4 is 0 Å². The van der Waals surface area contributed by atoms with Crippen LogP contribution in [-0.2, 0) is 0 Å². The van der Waals surface area contributed by atoms with Crippen LogP contribution in [0, 0.1) is 0 Å². The molecule has 0 aliphatic heterocycles. The maximum Gasteiger partial charge on any atom is 0.238 e. The second-order valence-electron chi connectivity index (χ2n) is 3.21. The van der Waals surface area contributed by atoms with Crippen LogP contribution in [-0.4, -0.2) is 12.5 Å². The summed E-state index contributed by atoms with van der Waals surface area (Å²) < 4.78 is 29.2. The van der Waals surface area contributed by atoms with Crippen LogP contribution in [0.15, 0.2) is 30.3 Å². The SMILES string of the molecule is CC(CCC(F)F)Oc1ccccc1. The van der Waals surface area contributed by atoms with Gasteiger partial charge in [-0.1, -0.05) is 18.2 Å². The van der Waals surface area contributed by atoms with Crippen molar-refractivity contribution < 1.29 is 13.5 Å². The van der Waals surface area contributed by atoms with E-state index < -0.39 is 6.43 Å². The largest absolute Gasteiger partial charge is 0.491 e. The minimum Gasteiger partial charge on any atom is -0.491 e. The Kier molecular flexibility index (Phi) is 4.36. The van der Waals surface area contributed by atoms with Crippen LogP contribution in [0.5, 0.6) is 5.75 Å². The second kappa shape index (κ2) is 5.58. The molecule has 0 amide bonds. The molecule has 78 valence electrons. The van der Waals surface area contributed by atoms with Crippen molar-refractivity contribution in [3.63, 3.8) is 0 Å². The normalized spacial score (nSPS) is 12.9. The van der Waals surface area contributed by atoms with Crippen LogP contribution in [0.1, 0.15) is 19.8 Å². The molecule has 0 spiro atoms. The summed E-state index contributed by atoms with van der Waals surface area (Å²) in [6.45, 7) is 1.80. The number of halogens is 2. The monoisotopic (exact) mass is 200 g/mol. The lowest BCUT2D eigenvalue weighted by molar-refractivity contribution is 0.110. The molecule has 0 bridgehead atoms. The van der Waals surface area contributed by atoms with Gasteiger partial charge in [0.15, 0.2) is 0 Å². The van der Waals surface area contributed by atoms with E-state index in [1.54, 1.807) is 6.92 Å². The molecule has 1 atom stereocenters. The van der Waals surface area contributed by atoms with Gasteiger partial charge in [0.2, 0.25) is 6.43 Å². The maximum atomic E-state index is 11.9. The number of hydrogen-bond donors (Lipinski definition) is 0. The Bertz CT molecular complexity index is 249. The second-order valence-corrected chi connectivity index (χ2v) is 3.21. The highest BCUT2D eigenvalue weighted by Crippen LogP contribution is 2.14. The highest BCUT2D eigenvalue weighted by atomic mass is 19.3. The summed E-state index contributed by atoms with van der Waals surface area (Å²) in [5, 5.41) is 0. The third kappa shape index (κ3) is 4.21. The van der Waals surface area contributed by atoms with Gasteiger partial charge in [0, 0.05) is 6.42 Å². The molecule has 0 fully saturated rings. The number of alkyl halides is 2. The number of para-hydroxylation sites is 1. The molecular weight excluding hydrogens is 186 g/mol. The molecule has 0 aromatic heterocycles. The highest BCUT2D eigenvalue weighted by molar-refractivity contribution is 5.21. The number of rotatable bonds is 5. The molecule has 1 aromatic carbocycles. The summed E-state index contributed by atoms with van der Waals surface area (Å²) in [5.74, 6) is 0.731. The summed E-state index contributed by atoms with van der Waals surface area (Å²) in [5.41, 5.74) is 0. The van der Waals surface area contributed by atoms with E-state index in [-0.39, 0.29) is 12.5 Å². The third-order valence-electron chi connectivity index (χ3n) is 1.87. The van der Waals surface area contributed by atoms with Crippen molar-refractivity contribution in [1.82, 2.24) is 0 Å². The van der Waals surface area contributed by atoms with E-state index in [0.717, 1.165) is 5.75 Å². The Labute approximate surface area is 82.7 Å². The standard InChI is InChI=1S/C11H14F2O/c1-9(7-8-11(12)13)14-10-5-3-2-4-6-10/h2-6,9,11H,7-8H2,1H3. The minimum atomic E-state index is -2.24. The zero-order valence-electron chi connectivity index (χ0n) is 8.12. The van der Waals surface area contributed by atoms with Gasteiger partial charge in [-0.05, 0) is 25.5 Å². The summed E-state index contributed by atoms with van der Waals surface area (Å²) >= 11 is 0. The van der Waals surface area contributed by atoms with Crippen LogP contribution in [0.2, 0.25) is 0 Å². The third-order valence-corrected chi connectivity index (χ3v) is 1.87. The summed E-state index contributed by atoms with van der Waals surface area (Å²) in [7, 11) is 0. The van der Waals surface area contributed by atoms with Crippen molar-refractivity contribution in [3.05, 3.63) is 30.3 Å². The molecule has 0 radical (unpaired) electrons. The van der Waals surface area contributed by atoms with E-state index in [1.807, 2.05) is 30.3 Å². The molecule has 14 heavy (non-hydrogen) atoms. The lowest BCUT2D eigenvalue weighted by Crippen LogP contribution is -2.12. The predicted octanol–water partition coefficient (Wildman–Crippen LogP) is 3.50. The molecule has 0 aliphatic rings. The Hall–Kier alpha value is -1.12. The highest BCUT2D eigenvalue weighted by Gasteiger charge is 2.08. The lowest BCUT2D eigenvalue weighted by Gasteiger charge is -2.13. The molecule has 0 N–H and O–H groups in total. The Morgan fingerprint density at radius 1 is 1.14 bits per heavy atom. The van der Waals surface area contributed by atoms with E-state index in [9.17, 15) is 8.78 Å². The van der Waals surface area contributed by atoms with Gasteiger partial charge < -0.3 is 4.74 Å². The first-order valence-corrected chi connectivity index (χ1v) is 4.68. The first-order chi connectivity index (χ1) is 6.68. The molecule has 0 aliphatic carbocycles. The van der Waals surface area contributed by atoms with E-state index in [1.165, 1.54) is 0 Å². The molecular formula is C11H14F2O. The van der Waals surface area contributed by atoms with Gasteiger partial charge in [0.25, 0.3) is 0 Å². The fourth-order valence-electron chi connectivity index (χ4n) is 1.15. The topological polar surface area (TPSA) is 9.23 Å². The summed E-state index contributed by atoms with van der Waals surface area (Å²) in [6.07, 6.45) is -2.12. The molecule has 0 heterocycles. The van der Waals surface area contributed by atoms with E-state index >= 15 is 0 Å². The van der Waals surface area contributed by atoms with Gasteiger partial charge in [-0.3, -0.25) is 0 Å². The van der Waals surface area contributed by atoms with Gasteiger partial charge in [0.1, 0.15) is 5.75 Å². The number of benzene rings is 1. The molecule has 0 saturated carbocycles. The summed E-state index contributed by atoms with van der Waals surface area (Å²) in [6, 6.07) is 9.23. The van der Waals surface area contributed by atoms with Gasteiger partial charge in [-0.25, -0.2) is 8.78 Å². The molecule has 1 aromatic rings. The van der Waals surface area contributed by atoms with Gasteiger partial charge in [-0.15, -0.1) is 0 Å². The first-order valence-electron chi connectivity index (χ1n) is 4.68. The van der Waals surface area contributed by atoms with Crippen LogP contribution < -0.4 is 4.74 Å². The molecule has 0 saturated heterocycles.